The molecule has 0 aromatic heterocycles. The molecule has 0 saturated heterocycles. The highest BCUT2D eigenvalue weighted by Gasteiger charge is 2.23. The minimum Gasteiger partial charge on any atom is -0.502 e. The molecule has 0 atom stereocenters. The van der Waals surface area contributed by atoms with Crippen molar-refractivity contribution in [3.05, 3.63) is 57.6 Å². The molecule has 0 radical (unpaired) electrons. The van der Waals surface area contributed by atoms with Crippen LogP contribution in [0.2, 0.25) is 0 Å². The van der Waals surface area contributed by atoms with Gasteiger partial charge in [0.15, 0.2) is 6.29 Å². The number of rotatable bonds is 4. The van der Waals surface area contributed by atoms with E-state index in [-0.39, 0.29) is 5.56 Å². The van der Waals surface area contributed by atoms with Gasteiger partial charge in [0.2, 0.25) is 5.75 Å². The van der Waals surface area contributed by atoms with E-state index >= 15 is 0 Å². The van der Waals surface area contributed by atoms with Crippen LogP contribution in [0, 0.1) is 10.1 Å². The average Bonchev–Trinajstić information content (AvgIpc) is 2.47. The third kappa shape index (κ3) is 2.25. The Morgan fingerprint density at radius 2 is 1.95 bits per heavy atom. The van der Waals surface area contributed by atoms with Crippen LogP contribution >= 0.6 is 0 Å². The minimum absolute atomic E-state index is 0.0134. The Labute approximate surface area is 115 Å². The van der Waals surface area contributed by atoms with Crippen LogP contribution in [0.5, 0.6) is 5.75 Å². The maximum atomic E-state index is 11.2. The molecule has 2 rings (SSSR count). The Morgan fingerprint density at radius 3 is 2.45 bits per heavy atom. The first-order chi connectivity index (χ1) is 9.60. The van der Waals surface area contributed by atoms with Crippen LogP contribution in [0.25, 0.3) is 11.1 Å². The van der Waals surface area contributed by atoms with E-state index in [1.165, 1.54) is 6.07 Å². The number of phenols is 1. The van der Waals surface area contributed by atoms with Crippen LogP contribution in [-0.2, 0) is 6.42 Å². The van der Waals surface area contributed by atoms with Crippen molar-refractivity contribution in [3.63, 3.8) is 0 Å². The molecule has 5 nitrogen and oxygen atoms in total. The van der Waals surface area contributed by atoms with Crippen LogP contribution in [0.4, 0.5) is 5.69 Å². The largest absolute Gasteiger partial charge is 0.502 e. The Hall–Kier alpha value is -2.69. The number of benzene rings is 2. The van der Waals surface area contributed by atoms with E-state index < -0.39 is 16.4 Å². The first-order valence-electron chi connectivity index (χ1n) is 6.14. The molecule has 0 amide bonds. The lowest BCUT2D eigenvalue weighted by molar-refractivity contribution is -0.385. The second-order valence-corrected chi connectivity index (χ2v) is 4.28. The molecule has 2 aromatic rings. The van der Waals surface area contributed by atoms with Gasteiger partial charge >= 0.3 is 5.69 Å². The van der Waals surface area contributed by atoms with Crippen molar-refractivity contribution in [1.29, 1.82) is 0 Å². The zero-order chi connectivity index (χ0) is 14.7. The first kappa shape index (κ1) is 13.7. The molecular weight excluding hydrogens is 258 g/mol. The maximum Gasteiger partial charge on any atom is 0.312 e. The van der Waals surface area contributed by atoms with Crippen molar-refractivity contribution >= 4 is 12.0 Å². The van der Waals surface area contributed by atoms with E-state index in [1.807, 2.05) is 37.3 Å². The fourth-order valence-electron chi connectivity index (χ4n) is 2.24. The first-order valence-corrected chi connectivity index (χ1v) is 6.14. The molecule has 0 aliphatic rings. The van der Waals surface area contributed by atoms with Crippen LogP contribution in [0.3, 0.4) is 0 Å². The van der Waals surface area contributed by atoms with Crippen molar-refractivity contribution in [2.75, 3.05) is 0 Å². The van der Waals surface area contributed by atoms with Crippen molar-refractivity contribution in [2.45, 2.75) is 13.3 Å². The molecule has 0 heterocycles. The lowest BCUT2D eigenvalue weighted by Crippen LogP contribution is -2.00. The molecule has 0 spiro atoms. The van der Waals surface area contributed by atoms with E-state index in [2.05, 4.69) is 0 Å². The number of nitro benzene ring substituents is 1. The van der Waals surface area contributed by atoms with Gasteiger partial charge in [-0.15, -0.1) is 0 Å². The van der Waals surface area contributed by atoms with Crippen LogP contribution in [0.15, 0.2) is 36.4 Å². The van der Waals surface area contributed by atoms with Crippen LogP contribution in [0.1, 0.15) is 22.8 Å². The number of nitrogens with zero attached hydrogens (tertiary/aromatic N) is 1. The van der Waals surface area contributed by atoms with Gasteiger partial charge in [-0.1, -0.05) is 37.3 Å². The van der Waals surface area contributed by atoms with Gasteiger partial charge in [-0.25, -0.2) is 0 Å². The van der Waals surface area contributed by atoms with Gasteiger partial charge in [-0.05, 0) is 23.1 Å². The molecule has 0 bridgehead atoms. The Morgan fingerprint density at radius 1 is 1.30 bits per heavy atom. The summed E-state index contributed by atoms with van der Waals surface area (Å²) in [6.07, 6.45) is 0.956. The van der Waals surface area contributed by atoms with Crippen molar-refractivity contribution in [1.82, 2.24) is 0 Å². The summed E-state index contributed by atoms with van der Waals surface area (Å²) in [6.45, 7) is 1.83. The highest BCUT2D eigenvalue weighted by Crippen LogP contribution is 2.38. The number of phenolic OH excluding ortho intramolecular Hbond substituents is 1. The molecule has 20 heavy (non-hydrogen) atoms. The predicted octanol–water partition coefficient (Wildman–Crippen LogP) is 3.34. The van der Waals surface area contributed by atoms with Gasteiger partial charge in [0, 0.05) is 6.07 Å². The Bertz CT molecular complexity index is 665. The molecular formula is C15H13NO4. The van der Waals surface area contributed by atoms with E-state index in [0.29, 0.717) is 23.8 Å². The SMILES string of the molecule is CCc1c(-c2ccccc2)cc([N+](=O)[O-])c(O)c1C=O. The average molecular weight is 271 g/mol. The van der Waals surface area contributed by atoms with Gasteiger partial charge in [0.05, 0.1) is 10.5 Å². The molecule has 102 valence electrons. The highest BCUT2D eigenvalue weighted by atomic mass is 16.6. The zero-order valence-corrected chi connectivity index (χ0v) is 10.9. The molecule has 2 aromatic carbocycles. The molecule has 0 unspecified atom stereocenters. The second-order valence-electron chi connectivity index (χ2n) is 4.28. The van der Waals surface area contributed by atoms with Gasteiger partial charge in [0.25, 0.3) is 0 Å². The monoisotopic (exact) mass is 271 g/mol. The molecule has 0 saturated carbocycles. The summed E-state index contributed by atoms with van der Waals surface area (Å²) in [5, 5.41) is 20.9. The van der Waals surface area contributed by atoms with Gasteiger partial charge < -0.3 is 5.11 Å². The normalized spacial score (nSPS) is 10.2. The maximum absolute atomic E-state index is 11.2. The topological polar surface area (TPSA) is 80.4 Å². The number of carbonyl (C=O) groups excluding carboxylic acids is 1. The molecule has 5 heteroatoms. The number of carbonyl (C=O) groups is 1. The molecule has 0 aliphatic carbocycles. The molecule has 1 N–H and O–H groups in total. The summed E-state index contributed by atoms with van der Waals surface area (Å²) in [5.41, 5.74) is 1.51. The van der Waals surface area contributed by atoms with E-state index in [1.54, 1.807) is 0 Å². The summed E-state index contributed by atoms with van der Waals surface area (Å²) in [6, 6.07) is 10.4. The fourth-order valence-corrected chi connectivity index (χ4v) is 2.24. The summed E-state index contributed by atoms with van der Waals surface area (Å²) in [5.74, 6) is -0.568. The van der Waals surface area contributed by atoms with Crippen LogP contribution in [-0.4, -0.2) is 16.3 Å². The summed E-state index contributed by atoms with van der Waals surface area (Å²) >= 11 is 0. The van der Waals surface area contributed by atoms with E-state index in [0.717, 1.165) is 5.56 Å². The van der Waals surface area contributed by atoms with Gasteiger partial charge in [-0.2, -0.15) is 0 Å². The van der Waals surface area contributed by atoms with Crippen molar-refractivity contribution in [3.8, 4) is 16.9 Å². The smallest absolute Gasteiger partial charge is 0.312 e. The summed E-state index contributed by atoms with van der Waals surface area (Å²) < 4.78 is 0. The van der Waals surface area contributed by atoms with E-state index in [4.69, 9.17) is 0 Å². The van der Waals surface area contributed by atoms with Crippen molar-refractivity contribution < 1.29 is 14.8 Å². The summed E-state index contributed by atoms with van der Waals surface area (Å²) in [7, 11) is 0. The quantitative estimate of drug-likeness (QED) is 0.525. The van der Waals surface area contributed by atoms with Gasteiger partial charge in [-0.3, -0.25) is 14.9 Å². The lowest BCUT2D eigenvalue weighted by atomic mass is 9.92. The third-order valence-corrected chi connectivity index (χ3v) is 3.18. The lowest BCUT2D eigenvalue weighted by Gasteiger charge is -2.12. The van der Waals surface area contributed by atoms with E-state index in [9.17, 15) is 20.0 Å². The van der Waals surface area contributed by atoms with Gasteiger partial charge in [0.1, 0.15) is 0 Å². The second kappa shape index (κ2) is 5.52. The Kier molecular flexibility index (Phi) is 3.79. The van der Waals surface area contributed by atoms with Crippen LogP contribution < -0.4 is 0 Å². The van der Waals surface area contributed by atoms with Crippen molar-refractivity contribution in [2.24, 2.45) is 0 Å². The number of nitro groups is 1. The fraction of sp³-hybridized carbons (Fsp3) is 0.133. The minimum atomic E-state index is -0.686. The Balaban J connectivity index is 2.82. The number of hydrogen-bond acceptors (Lipinski definition) is 4. The summed E-state index contributed by atoms with van der Waals surface area (Å²) in [4.78, 5) is 21.5. The number of aldehydes is 1. The standard InChI is InChI=1S/C15H13NO4/c1-2-11-12(10-6-4-3-5-7-10)8-14(16(19)20)15(18)13(11)9-17/h3-9,18H,2H2,1H3. The molecule has 0 aliphatic heterocycles. The number of hydrogen-bond donors (Lipinski definition) is 1. The number of aromatic hydroxyl groups is 1. The zero-order valence-electron chi connectivity index (χ0n) is 10.9. The highest BCUT2D eigenvalue weighted by molar-refractivity contribution is 5.89. The molecule has 0 fully saturated rings. The predicted molar refractivity (Wildman–Crippen MR) is 75.0 cm³/mol. The third-order valence-electron chi connectivity index (χ3n) is 3.18.